The van der Waals surface area contributed by atoms with Gasteiger partial charge in [0.15, 0.2) is 0 Å². The largest absolute Gasteiger partial charge is 0.393 e. The van der Waals surface area contributed by atoms with Gasteiger partial charge in [-0.05, 0) is 122 Å². The molecule has 4 rings (SSSR count). The molecule has 172 valence electrons. The third kappa shape index (κ3) is 3.74. The maximum Gasteiger partial charge on any atom is 0.0543 e. The average molecular weight is 415 g/mol. The molecule has 4 fully saturated rings. The smallest absolute Gasteiger partial charge is 0.0543 e. The lowest BCUT2D eigenvalue weighted by Gasteiger charge is -2.61. The molecule has 0 aromatic rings. The molecule has 0 radical (unpaired) electrons. The number of aliphatic hydroxyl groups excluding tert-OH is 1. The van der Waals surface area contributed by atoms with E-state index in [0.717, 1.165) is 60.2 Å². The van der Waals surface area contributed by atoms with E-state index in [1.807, 2.05) is 0 Å². The number of rotatable bonds is 5. The summed E-state index contributed by atoms with van der Waals surface area (Å²) in [6, 6.07) is 0. The fourth-order valence-electron chi connectivity index (χ4n) is 9.42. The van der Waals surface area contributed by atoms with Crippen LogP contribution in [-0.2, 0) is 0 Å². The van der Waals surface area contributed by atoms with Crippen molar-refractivity contribution in [3.63, 3.8) is 0 Å². The van der Waals surface area contributed by atoms with Crippen molar-refractivity contribution < 1.29 is 5.11 Å². The molecule has 0 saturated heterocycles. The molecular weight excluding hydrogens is 364 g/mol. The van der Waals surface area contributed by atoms with Crippen molar-refractivity contribution in [3.05, 3.63) is 12.2 Å². The normalized spacial score (nSPS) is 48.3. The summed E-state index contributed by atoms with van der Waals surface area (Å²) in [7, 11) is 0. The molecule has 0 aromatic carbocycles. The number of hydrogen-bond acceptors (Lipinski definition) is 1. The van der Waals surface area contributed by atoms with Crippen LogP contribution in [0, 0.1) is 58.2 Å². The molecule has 0 spiro atoms. The second kappa shape index (κ2) is 8.57. The Labute approximate surface area is 187 Å². The summed E-state index contributed by atoms with van der Waals surface area (Å²) in [5, 5.41) is 10.3. The van der Waals surface area contributed by atoms with E-state index in [1.165, 1.54) is 51.4 Å². The van der Waals surface area contributed by atoms with Gasteiger partial charge in [0.25, 0.3) is 0 Å². The Kier molecular flexibility index (Phi) is 6.53. The third-order valence-corrected chi connectivity index (χ3v) is 11.3. The van der Waals surface area contributed by atoms with Gasteiger partial charge in [-0.25, -0.2) is 0 Å². The van der Waals surface area contributed by atoms with Crippen molar-refractivity contribution in [3.8, 4) is 0 Å². The second-order valence-electron chi connectivity index (χ2n) is 12.9. The summed E-state index contributed by atoms with van der Waals surface area (Å²) < 4.78 is 0. The van der Waals surface area contributed by atoms with E-state index in [4.69, 9.17) is 0 Å². The first-order chi connectivity index (χ1) is 14.2. The molecule has 0 bridgehead atoms. The van der Waals surface area contributed by atoms with Crippen LogP contribution in [0.15, 0.2) is 12.2 Å². The fourth-order valence-corrected chi connectivity index (χ4v) is 9.42. The van der Waals surface area contributed by atoms with Gasteiger partial charge in [-0.3, -0.25) is 0 Å². The van der Waals surface area contributed by atoms with Crippen LogP contribution in [0.4, 0.5) is 0 Å². The molecule has 1 heteroatoms. The van der Waals surface area contributed by atoms with Crippen LogP contribution in [0.5, 0.6) is 0 Å². The molecule has 4 aliphatic carbocycles. The predicted molar refractivity (Wildman–Crippen MR) is 128 cm³/mol. The highest BCUT2D eigenvalue weighted by atomic mass is 16.3. The van der Waals surface area contributed by atoms with Gasteiger partial charge in [0.05, 0.1) is 6.10 Å². The van der Waals surface area contributed by atoms with Crippen molar-refractivity contribution in [2.45, 2.75) is 112 Å². The van der Waals surface area contributed by atoms with Gasteiger partial charge in [-0.15, -0.1) is 0 Å². The lowest BCUT2D eigenvalue weighted by Crippen LogP contribution is -2.54. The molecule has 1 nitrogen and oxygen atoms in total. The van der Waals surface area contributed by atoms with Gasteiger partial charge in [-0.1, -0.05) is 53.7 Å². The second-order valence-corrected chi connectivity index (χ2v) is 12.9. The fraction of sp³-hybridized carbons (Fsp3) is 0.931. The Bertz CT molecular complexity index is 622. The molecule has 0 unspecified atom stereocenters. The van der Waals surface area contributed by atoms with Crippen LogP contribution in [0.2, 0.25) is 0 Å². The monoisotopic (exact) mass is 414 g/mol. The zero-order valence-electron chi connectivity index (χ0n) is 20.9. The average Bonchev–Trinajstić information content (AvgIpc) is 3.06. The van der Waals surface area contributed by atoms with E-state index in [1.54, 1.807) is 0 Å². The maximum absolute atomic E-state index is 10.3. The molecule has 0 amide bonds. The topological polar surface area (TPSA) is 20.2 Å². The van der Waals surface area contributed by atoms with E-state index in [0.29, 0.717) is 10.8 Å². The Balaban J connectivity index is 1.49. The molecule has 0 heterocycles. The Hall–Kier alpha value is -0.300. The van der Waals surface area contributed by atoms with Crippen molar-refractivity contribution in [2.75, 3.05) is 0 Å². The molecule has 0 aliphatic heterocycles. The highest BCUT2D eigenvalue weighted by molar-refractivity contribution is 5.11. The molecule has 0 aromatic heterocycles. The summed E-state index contributed by atoms with van der Waals surface area (Å²) in [6.07, 6.45) is 18.5. The standard InChI is InChI=1S/C29H50O/c1-7-21(19(2)3)9-8-20(4)25-12-13-26-24-11-10-22-18-23(30)14-16-28(22,5)27(24)15-17-29(25,26)6/h8-9,19-27,30H,7,10-18H2,1-6H3/b9-8+/t20-,21-,22-,23+,24-,25+,26-,27-,28-,29+/m0/s1. The minimum atomic E-state index is -0.0187. The highest BCUT2D eigenvalue weighted by Crippen LogP contribution is 2.68. The molecule has 10 atom stereocenters. The number of allylic oxidation sites excluding steroid dienone is 2. The number of aliphatic hydroxyl groups is 1. The minimum Gasteiger partial charge on any atom is -0.393 e. The van der Waals surface area contributed by atoms with Gasteiger partial charge in [-0.2, -0.15) is 0 Å². The summed E-state index contributed by atoms with van der Waals surface area (Å²) in [5.41, 5.74) is 1.07. The molecule has 4 saturated carbocycles. The maximum atomic E-state index is 10.3. The van der Waals surface area contributed by atoms with E-state index in [9.17, 15) is 5.11 Å². The van der Waals surface area contributed by atoms with Crippen LogP contribution in [0.1, 0.15) is 106 Å². The Morgan fingerprint density at radius 3 is 2.27 bits per heavy atom. The van der Waals surface area contributed by atoms with Gasteiger partial charge in [0.1, 0.15) is 0 Å². The molecular formula is C29H50O. The van der Waals surface area contributed by atoms with Gasteiger partial charge >= 0.3 is 0 Å². The minimum absolute atomic E-state index is 0.0187. The van der Waals surface area contributed by atoms with Crippen molar-refractivity contribution in [1.29, 1.82) is 0 Å². The third-order valence-electron chi connectivity index (χ3n) is 11.3. The molecule has 4 aliphatic rings. The van der Waals surface area contributed by atoms with Crippen LogP contribution >= 0.6 is 0 Å². The first-order valence-corrected chi connectivity index (χ1v) is 13.6. The zero-order chi connectivity index (χ0) is 21.7. The predicted octanol–water partition coefficient (Wildman–Crippen LogP) is 7.88. The number of fused-ring (bicyclic) bond motifs is 5. The summed E-state index contributed by atoms with van der Waals surface area (Å²) >= 11 is 0. The van der Waals surface area contributed by atoms with Crippen LogP contribution < -0.4 is 0 Å². The summed E-state index contributed by atoms with van der Waals surface area (Å²) in [6.45, 7) is 14.9. The first-order valence-electron chi connectivity index (χ1n) is 13.6. The lowest BCUT2D eigenvalue weighted by atomic mass is 9.44. The first kappa shape index (κ1) is 22.9. The summed E-state index contributed by atoms with van der Waals surface area (Å²) in [5.74, 6) is 6.72. The van der Waals surface area contributed by atoms with Crippen molar-refractivity contribution in [1.82, 2.24) is 0 Å². The highest BCUT2D eigenvalue weighted by Gasteiger charge is 2.60. The van der Waals surface area contributed by atoms with Gasteiger partial charge < -0.3 is 5.11 Å². The van der Waals surface area contributed by atoms with Crippen molar-refractivity contribution in [2.24, 2.45) is 58.2 Å². The quantitative estimate of drug-likeness (QED) is 0.454. The van der Waals surface area contributed by atoms with E-state index >= 15 is 0 Å². The van der Waals surface area contributed by atoms with E-state index in [2.05, 4.69) is 53.7 Å². The number of hydrogen-bond donors (Lipinski definition) is 1. The van der Waals surface area contributed by atoms with Crippen LogP contribution in [-0.4, -0.2) is 11.2 Å². The van der Waals surface area contributed by atoms with Crippen molar-refractivity contribution >= 4 is 0 Å². The molecule has 1 N–H and O–H groups in total. The van der Waals surface area contributed by atoms with Crippen LogP contribution in [0.25, 0.3) is 0 Å². The Morgan fingerprint density at radius 2 is 1.57 bits per heavy atom. The SMILES string of the molecule is CC[C@@H](/C=C/[C@H](C)[C@H]1CC[C@H]2[C@@H]3CC[C@H]4C[C@H](O)CC[C@]4(C)[C@H]3CC[C@]12C)C(C)C. The lowest BCUT2D eigenvalue weighted by molar-refractivity contribution is -0.128. The Morgan fingerprint density at radius 1 is 0.867 bits per heavy atom. The van der Waals surface area contributed by atoms with E-state index < -0.39 is 0 Å². The van der Waals surface area contributed by atoms with Gasteiger partial charge in [0.2, 0.25) is 0 Å². The van der Waals surface area contributed by atoms with E-state index in [-0.39, 0.29) is 6.10 Å². The summed E-state index contributed by atoms with van der Waals surface area (Å²) in [4.78, 5) is 0. The van der Waals surface area contributed by atoms with Crippen LogP contribution in [0.3, 0.4) is 0 Å². The molecule has 30 heavy (non-hydrogen) atoms. The zero-order valence-corrected chi connectivity index (χ0v) is 20.9. The van der Waals surface area contributed by atoms with Gasteiger partial charge in [0, 0.05) is 0 Å².